The molecule has 0 aromatic heterocycles. The molecule has 0 bridgehead atoms. The third-order valence-electron chi connectivity index (χ3n) is 5.01. The minimum Gasteiger partial charge on any atom is -0.295 e. The third kappa shape index (κ3) is 0.685. The maximum atomic E-state index is 11.5. The van der Waals surface area contributed by atoms with Crippen LogP contribution in [0.15, 0.2) is 12.2 Å². The van der Waals surface area contributed by atoms with Crippen molar-refractivity contribution < 1.29 is 4.79 Å². The lowest BCUT2D eigenvalue weighted by molar-refractivity contribution is -0.118. The van der Waals surface area contributed by atoms with E-state index in [9.17, 15) is 4.79 Å². The van der Waals surface area contributed by atoms with Gasteiger partial charge in [-0.2, -0.15) is 0 Å². The molecule has 0 N–H and O–H groups in total. The Hall–Kier alpha value is -0.590. The van der Waals surface area contributed by atoms with Crippen LogP contribution in [0.4, 0.5) is 0 Å². The second-order valence-electron chi connectivity index (χ2n) is 5.09. The summed E-state index contributed by atoms with van der Waals surface area (Å²) in [4.78, 5) is 11.5. The predicted octanol–water partition coefficient (Wildman–Crippen LogP) is 2.57. The molecular weight excluding hydrogens is 160 g/mol. The highest BCUT2D eigenvalue weighted by atomic mass is 16.1. The fourth-order valence-electron chi connectivity index (χ4n) is 4.23. The van der Waals surface area contributed by atoms with Crippen molar-refractivity contribution in [3.8, 4) is 0 Å². The zero-order valence-electron chi connectivity index (χ0n) is 8.18. The minimum atomic E-state index is 0.343. The van der Waals surface area contributed by atoms with Crippen molar-refractivity contribution in [2.24, 2.45) is 23.2 Å². The van der Waals surface area contributed by atoms with Crippen LogP contribution in [0.2, 0.25) is 0 Å². The fraction of sp³-hybridized carbons (Fsp3) is 0.750. The highest BCUT2D eigenvalue weighted by Gasteiger charge is 2.70. The highest BCUT2D eigenvalue weighted by Crippen LogP contribution is 2.75. The Kier molecular flexibility index (Phi) is 1.24. The van der Waals surface area contributed by atoms with Gasteiger partial charge in [-0.1, -0.05) is 13.5 Å². The molecule has 0 amide bonds. The number of hydrogen-bond donors (Lipinski definition) is 0. The van der Waals surface area contributed by atoms with Crippen molar-refractivity contribution in [2.75, 3.05) is 0 Å². The minimum absolute atomic E-state index is 0.343. The molecule has 1 nitrogen and oxygen atoms in total. The molecule has 1 heteroatoms. The quantitative estimate of drug-likeness (QED) is 0.518. The molecule has 0 aromatic carbocycles. The molecule has 0 heterocycles. The van der Waals surface area contributed by atoms with Crippen LogP contribution in [0, 0.1) is 23.2 Å². The van der Waals surface area contributed by atoms with E-state index in [0.717, 1.165) is 30.3 Å². The van der Waals surface area contributed by atoms with Crippen LogP contribution in [0.1, 0.15) is 32.6 Å². The van der Waals surface area contributed by atoms with Crippen LogP contribution < -0.4 is 0 Å². The molecule has 3 aliphatic rings. The van der Waals surface area contributed by atoms with Gasteiger partial charge in [0.05, 0.1) is 0 Å². The van der Waals surface area contributed by atoms with Crippen molar-refractivity contribution >= 4 is 5.78 Å². The van der Waals surface area contributed by atoms with E-state index in [1.165, 1.54) is 12.8 Å². The van der Waals surface area contributed by atoms with Crippen LogP contribution in [0.5, 0.6) is 0 Å². The maximum Gasteiger partial charge on any atom is 0.158 e. The van der Waals surface area contributed by atoms with Crippen LogP contribution in [0.3, 0.4) is 0 Å². The monoisotopic (exact) mass is 176 g/mol. The SMILES string of the molecule is C=C1C(=O)CCC23C1CCC2C3C. The molecule has 4 unspecified atom stereocenters. The van der Waals surface area contributed by atoms with E-state index in [4.69, 9.17) is 0 Å². The van der Waals surface area contributed by atoms with E-state index in [-0.39, 0.29) is 0 Å². The number of carbonyl (C=O) groups is 1. The first-order chi connectivity index (χ1) is 6.18. The molecule has 13 heavy (non-hydrogen) atoms. The lowest BCUT2D eigenvalue weighted by Crippen LogP contribution is -2.28. The maximum absolute atomic E-state index is 11.5. The van der Waals surface area contributed by atoms with Gasteiger partial charge in [0, 0.05) is 6.42 Å². The van der Waals surface area contributed by atoms with E-state index in [1.807, 2.05) is 0 Å². The molecule has 3 rings (SSSR count). The molecule has 0 aliphatic heterocycles. The molecule has 70 valence electrons. The first kappa shape index (κ1) is 7.78. The summed E-state index contributed by atoms with van der Waals surface area (Å²) in [5.41, 5.74) is 1.50. The van der Waals surface area contributed by atoms with Gasteiger partial charge in [0.1, 0.15) is 0 Å². The van der Waals surface area contributed by atoms with Crippen molar-refractivity contribution in [3.63, 3.8) is 0 Å². The summed E-state index contributed by atoms with van der Waals surface area (Å²) in [6, 6.07) is 0. The summed E-state index contributed by atoms with van der Waals surface area (Å²) in [6.07, 6.45) is 4.51. The van der Waals surface area contributed by atoms with E-state index in [1.54, 1.807) is 0 Å². The average Bonchev–Trinajstić information content (AvgIpc) is 2.55. The second-order valence-corrected chi connectivity index (χ2v) is 5.09. The summed E-state index contributed by atoms with van der Waals surface area (Å²) >= 11 is 0. The van der Waals surface area contributed by atoms with Crippen molar-refractivity contribution in [1.82, 2.24) is 0 Å². The Morgan fingerprint density at radius 1 is 1.46 bits per heavy atom. The van der Waals surface area contributed by atoms with Gasteiger partial charge in [0.15, 0.2) is 5.78 Å². The van der Waals surface area contributed by atoms with Gasteiger partial charge in [0.2, 0.25) is 0 Å². The van der Waals surface area contributed by atoms with Crippen LogP contribution in [-0.4, -0.2) is 5.78 Å². The molecule has 3 fully saturated rings. The number of allylic oxidation sites excluding steroid dienone is 1. The van der Waals surface area contributed by atoms with Gasteiger partial charge < -0.3 is 0 Å². The molecule has 0 radical (unpaired) electrons. The second kappa shape index (κ2) is 2.08. The fourth-order valence-corrected chi connectivity index (χ4v) is 4.23. The first-order valence-electron chi connectivity index (χ1n) is 5.40. The smallest absolute Gasteiger partial charge is 0.158 e. The Morgan fingerprint density at radius 3 is 2.92 bits per heavy atom. The zero-order chi connectivity index (χ0) is 9.22. The summed E-state index contributed by atoms with van der Waals surface area (Å²) < 4.78 is 0. The Bertz CT molecular complexity index is 304. The van der Waals surface area contributed by atoms with Gasteiger partial charge in [-0.15, -0.1) is 0 Å². The number of rotatable bonds is 0. The molecule has 4 atom stereocenters. The Balaban J connectivity index is 1.99. The lowest BCUT2D eigenvalue weighted by Gasteiger charge is -2.31. The van der Waals surface area contributed by atoms with Crippen LogP contribution in [-0.2, 0) is 4.79 Å². The van der Waals surface area contributed by atoms with E-state index in [2.05, 4.69) is 13.5 Å². The third-order valence-corrected chi connectivity index (χ3v) is 5.01. The lowest BCUT2D eigenvalue weighted by atomic mass is 9.72. The topological polar surface area (TPSA) is 17.1 Å². The number of hydrogen-bond acceptors (Lipinski definition) is 1. The van der Waals surface area contributed by atoms with Crippen molar-refractivity contribution in [2.45, 2.75) is 32.6 Å². The van der Waals surface area contributed by atoms with E-state index in [0.29, 0.717) is 17.1 Å². The number of ketones is 1. The summed E-state index contributed by atoms with van der Waals surface area (Å²) in [5.74, 6) is 2.71. The van der Waals surface area contributed by atoms with Crippen molar-refractivity contribution in [3.05, 3.63) is 12.2 Å². The number of Topliss-reactive ketones (excluding diaryl/α,β-unsaturated/α-hetero) is 1. The largest absolute Gasteiger partial charge is 0.295 e. The summed E-state index contributed by atoms with van der Waals surface area (Å²) in [7, 11) is 0. The van der Waals surface area contributed by atoms with E-state index >= 15 is 0 Å². The predicted molar refractivity (Wildman–Crippen MR) is 51.2 cm³/mol. The van der Waals surface area contributed by atoms with Gasteiger partial charge in [0.25, 0.3) is 0 Å². The van der Waals surface area contributed by atoms with Gasteiger partial charge >= 0.3 is 0 Å². The number of carbonyl (C=O) groups excluding carboxylic acids is 1. The Labute approximate surface area is 79.2 Å². The zero-order valence-corrected chi connectivity index (χ0v) is 8.18. The molecule has 3 aliphatic carbocycles. The van der Waals surface area contributed by atoms with Gasteiger partial charge in [-0.05, 0) is 48.0 Å². The van der Waals surface area contributed by atoms with Crippen LogP contribution in [0.25, 0.3) is 0 Å². The normalized spacial score (nSPS) is 53.2. The average molecular weight is 176 g/mol. The molecule has 0 saturated heterocycles. The van der Waals surface area contributed by atoms with Gasteiger partial charge in [-0.3, -0.25) is 4.79 Å². The molecule has 0 aromatic rings. The standard InChI is InChI=1S/C12H16O/c1-7-9-3-4-10-8(2)12(9,10)6-5-11(7)13/h8-10H,1,3-6H2,2H3. The molecule has 3 saturated carbocycles. The first-order valence-corrected chi connectivity index (χ1v) is 5.40. The van der Waals surface area contributed by atoms with Gasteiger partial charge in [-0.25, -0.2) is 0 Å². The van der Waals surface area contributed by atoms with Crippen LogP contribution >= 0.6 is 0 Å². The molecule has 1 spiro atoms. The summed E-state index contributed by atoms with van der Waals surface area (Å²) in [6.45, 7) is 6.36. The molecular formula is C12H16O. The highest BCUT2D eigenvalue weighted by molar-refractivity contribution is 5.96. The van der Waals surface area contributed by atoms with Crippen molar-refractivity contribution in [1.29, 1.82) is 0 Å². The van der Waals surface area contributed by atoms with E-state index < -0.39 is 0 Å². The Morgan fingerprint density at radius 2 is 2.23 bits per heavy atom. The summed E-state index contributed by atoms with van der Waals surface area (Å²) in [5, 5.41) is 0.